The molecule has 0 saturated heterocycles. The zero-order valence-corrected chi connectivity index (χ0v) is 11.4. The summed E-state index contributed by atoms with van der Waals surface area (Å²) in [6.45, 7) is 0. The second-order valence-electron chi connectivity index (χ2n) is 5.44. The van der Waals surface area contributed by atoms with E-state index < -0.39 is 0 Å². The van der Waals surface area contributed by atoms with Crippen LogP contribution in [0.4, 0.5) is 0 Å². The number of rotatable bonds is 0. The Balaban J connectivity index is 2.29. The standard InChI is InChI=1S/C18H10N2O2/c21-10-5-6-15-14(9-10)12-7-8-19-16-11-3-1-2-4-13(11)18(22)20(15)17(12)16/h1-9,21H. The normalized spacial score (nSPS) is 12.0. The molecule has 0 radical (unpaired) electrons. The van der Waals surface area contributed by atoms with Gasteiger partial charge in [-0.1, -0.05) is 18.2 Å². The molecule has 5 rings (SSSR count). The Kier molecular flexibility index (Phi) is 1.96. The molecule has 0 aliphatic heterocycles. The minimum atomic E-state index is -0.0539. The maximum atomic E-state index is 12.9. The molecule has 3 aromatic heterocycles. The van der Waals surface area contributed by atoms with Gasteiger partial charge >= 0.3 is 0 Å². The zero-order valence-electron chi connectivity index (χ0n) is 11.4. The molecular weight excluding hydrogens is 276 g/mol. The van der Waals surface area contributed by atoms with Gasteiger partial charge in [0.15, 0.2) is 0 Å². The van der Waals surface area contributed by atoms with Crippen molar-refractivity contribution in [2.24, 2.45) is 0 Å². The first kappa shape index (κ1) is 11.5. The lowest BCUT2D eigenvalue weighted by Gasteiger charge is -2.04. The van der Waals surface area contributed by atoms with Crippen molar-refractivity contribution in [1.82, 2.24) is 9.38 Å². The van der Waals surface area contributed by atoms with Gasteiger partial charge in [0.1, 0.15) is 5.75 Å². The van der Waals surface area contributed by atoms with Crippen molar-refractivity contribution in [2.45, 2.75) is 0 Å². The first-order valence-electron chi connectivity index (χ1n) is 7.02. The van der Waals surface area contributed by atoms with E-state index in [1.165, 1.54) is 0 Å². The molecule has 0 unspecified atom stereocenters. The zero-order chi connectivity index (χ0) is 14.8. The van der Waals surface area contributed by atoms with E-state index in [2.05, 4.69) is 4.98 Å². The molecule has 104 valence electrons. The first-order valence-corrected chi connectivity index (χ1v) is 7.02. The summed E-state index contributed by atoms with van der Waals surface area (Å²) in [6.07, 6.45) is 1.75. The van der Waals surface area contributed by atoms with Gasteiger partial charge in [-0.2, -0.15) is 0 Å². The van der Waals surface area contributed by atoms with Crippen molar-refractivity contribution in [3.05, 3.63) is 65.1 Å². The lowest BCUT2D eigenvalue weighted by atomic mass is 10.1. The molecule has 0 spiro atoms. The SMILES string of the molecule is O=c1c2ccccc2c2nccc3c4cc(O)ccc4n1c32. The smallest absolute Gasteiger partial charge is 0.263 e. The molecule has 0 aliphatic carbocycles. The summed E-state index contributed by atoms with van der Waals surface area (Å²) in [5.74, 6) is 0.189. The average Bonchev–Trinajstić information content (AvgIpc) is 2.88. The molecule has 4 heteroatoms. The molecule has 0 aliphatic rings. The number of phenols is 1. The largest absolute Gasteiger partial charge is 0.508 e. The molecule has 0 amide bonds. The van der Waals surface area contributed by atoms with Crippen LogP contribution < -0.4 is 5.56 Å². The molecule has 0 bridgehead atoms. The fourth-order valence-corrected chi connectivity index (χ4v) is 3.36. The van der Waals surface area contributed by atoms with Gasteiger partial charge in [0, 0.05) is 27.7 Å². The van der Waals surface area contributed by atoms with E-state index >= 15 is 0 Å². The van der Waals surface area contributed by atoms with Crippen LogP contribution in [0, 0.1) is 0 Å². The maximum absolute atomic E-state index is 12.9. The van der Waals surface area contributed by atoms with E-state index in [9.17, 15) is 9.90 Å². The summed E-state index contributed by atoms with van der Waals surface area (Å²) in [6, 6.07) is 14.5. The number of fused-ring (bicyclic) bond motifs is 5. The summed E-state index contributed by atoms with van der Waals surface area (Å²) in [5, 5.41) is 13.1. The number of hydrogen-bond donors (Lipinski definition) is 1. The Morgan fingerprint density at radius 3 is 2.59 bits per heavy atom. The van der Waals surface area contributed by atoms with Crippen LogP contribution in [0.1, 0.15) is 0 Å². The molecule has 0 saturated carbocycles. The number of aromatic hydroxyl groups is 1. The van der Waals surface area contributed by atoms with Gasteiger partial charge in [-0.25, -0.2) is 0 Å². The summed E-state index contributed by atoms with van der Waals surface area (Å²) in [4.78, 5) is 17.4. The molecule has 5 aromatic rings. The number of phenolic OH excluding ortho intramolecular Hbond substituents is 1. The van der Waals surface area contributed by atoms with Gasteiger partial charge in [-0.05, 0) is 30.3 Å². The first-order chi connectivity index (χ1) is 10.8. The summed E-state index contributed by atoms with van der Waals surface area (Å²) >= 11 is 0. The fraction of sp³-hybridized carbons (Fsp3) is 0. The molecule has 2 aromatic carbocycles. The minimum absolute atomic E-state index is 0.0539. The Morgan fingerprint density at radius 1 is 0.909 bits per heavy atom. The number of benzene rings is 2. The van der Waals surface area contributed by atoms with Gasteiger partial charge in [0.2, 0.25) is 0 Å². The van der Waals surface area contributed by atoms with Crippen molar-refractivity contribution in [3.63, 3.8) is 0 Å². The monoisotopic (exact) mass is 286 g/mol. The Bertz CT molecular complexity index is 1250. The number of hydrogen-bond acceptors (Lipinski definition) is 3. The molecule has 0 fully saturated rings. The fourth-order valence-electron chi connectivity index (χ4n) is 3.36. The van der Waals surface area contributed by atoms with Gasteiger partial charge in [0.05, 0.1) is 16.6 Å². The predicted octanol–water partition coefficient (Wildman–Crippen LogP) is 3.30. The van der Waals surface area contributed by atoms with Crippen LogP contribution >= 0.6 is 0 Å². The highest BCUT2D eigenvalue weighted by Crippen LogP contribution is 2.34. The number of nitrogens with zero attached hydrogens (tertiary/aromatic N) is 2. The lowest BCUT2D eigenvalue weighted by Crippen LogP contribution is -2.13. The third-order valence-electron chi connectivity index (χ3n) is 4.27. The Hall–Kier alpha value is -3.14. The summed E-state index contributed by atoms with van der Waals surface area (Å²) < 4.78 is 1.70. The van der Waals surface area contributed by atoms with Gasteiger partial charge in [-0.15, -0.1) is 0 Å². The van der Waals surface area contributed by atoms with Gasteiger partial charge in [-0.3, -0.25) is 14.2 Å². The minimum Gasteiger partial charge on any atom is -0.508 e. The van der Waals surface area contributed by atoms with E-state index in [0.29, 0.717) is 5.39 Å². The van der Waals surface area contributed by atoms with E-state index in [1.54, 1.807) is 28.8 Å². The third kappa shape index (κ3) is 1.22. The number of pyridine rings is 2. The highest BCUT2D eigenvalue weighted by Gasteiger charge is 2.17. The predicted molar refractivity (Wildman–Crippen MR) is 86.8 cm³/mol. The Morgan fingerprint density at radius 2 is 1.73 bits per heavy atom. The van der Waals surface area contributed by atoms with Crippen LogP contribution in [0.25, 0.3) is 38.1 Å². The lowest BCUT2D eigenvalue weighted by molar-refractivity contribution is 0.476. The number of aromatic nitrogens is 2. The van der Waals surface area contributed by atoms with Crippen LogP contribution in [0.2, 0.25) is 0 Å². The molecular formula is C18H10N2O2. The summed E-state index contributed by atoms with van der Waals surface area (Å²) in [5.41, 5.74) is 2.36. The summed E-state index contributed by atoms with van der Waals surface area (Å²) in [7, 11) is 0. The van der Waals surface area contributed by atoms with Crippen molar-refractivity contribution >= 4 is 38.1 Å². The van der Waals surface area contributed by atoms with Crippen molar-refractivity contribution in [2.75, 3.05) is 0 Å². The van der Waals surface area contributed by atoms with E-state index in [1.807, 2.05) is 30.3 Å². The van der Waals surface area contributed by atoms with Crippen LogP contribution in [-0.2, 0) is 0 Å². The van der Waals surface area contributed by atoms with E-state index in [-0.39, 0.29) is 11.3 Å². The third-order valence-corrected chi connectivity index (χ3v) is 4.27. The van der Waals surface area contributed by atoms with Crippen LogP contribution in [-0.4, -0.2) is 14.5 Å². The molecule has 0 atom stereocenters. The van der Waals surface area contributed by atoms with Gasteiger partial charge in [0.25, 0.3) is 5.56 Å². The average molecular weight is 286 g/mol. The van der Waals surface area contributed by atoms with E-state index in [4.69, 9.17) is 0 Å². The van der Waals surface area contributed by atoms with Crippen LogP contribution in [0.3, 0.4) is 0 Å². The van der Waals surface area contributed by atoms with Crippen molar-refractivity contribution < 1.29 is 5.11 Å². The topological polar surface area (TPSA) is 54.6 Å². The van der Waals surface area contributed by atoms with Gasteiger partial charge < -0.3 is 5.11 Å². The van der Waals surface area contributed by atoms with Crippen molar-refractivity contribution in [1.29, 1.82) is 0 Å². The molecule has 4 nitrogen and oxygen atoms in total. The van der Waals surface area contributed by atoms with Crippen LogP contribution in [0.5, 0.6) is 5.75 Å². The van der Waals surface area contributed by atoms with E-state index in [0.717, 1.165) is 32.7 Å². The highest BCUT2D eigenvalue weighted by molar-refractivity contribution is 6.18. The molecule has 3 heterocycles. The second kappa shape index (κ2) is 3.74. The van der Waals surface area contributed by atoms with Crippen molar-refractivity contribution in [3.8, 4) is 5.75 Å². The maximum Gasteiger partial charge on any atom is 0.263 e. The Labute approximate surface area is 124 Å². The second-order valence-corrected chi connectivity index (χ2v) is 5.44. The van der Waals surface area contributed by atoms with Crippen LogP contribution in [0.15, 0.2) is 59.5 Å². The highest BCUT2D eigenvalue weighted by atomic mass is 16.3. The molecule has 1 N–H and O–H groups in total. The molecule has 22 heavy (non-hydrogen) atoms. The quantitative estimate of drug-likeness (QED) is 0.444.